The van der Waals surface area contributed by atoms with Gasteiger partial charge in [-0.1, -0.05) is 74.5 Å². The number of hydrogen-bond donors (Lipinski definition) is 0. The topological polar surface area (TPSA) is 55.4 Å². The van der Waals surface area contributed by atoms with Crippen molar-refractivity contribution in [3.8, 4) is 34.5 Å². The summed E-state index contributed by atoms with van der Waals surface area (Å²) in [5.74, 6) is 4.00. The Hall–Kier alpha value is -2.37. The molecule has 0 aliphatic carbocycles. The zero-order valence-electron chi connectivity index (χ0n) is 30.9. The smallest absolute Gasteiger partial charge is 0.250 e. The molecule has 0 spiro atoms. The van der Waals surface area contributed by atoms with Crippen LogP contribution < -0.4 is 27.5 Å². The van der Waals surface area contributed by atoms with Gasteiger partial charge in [0.25, 0.3) is 25.0 Å². The van der Waals surface area contributed by atoms with Gasteiger partial charge in [0.05, 0.1) is 21.3 Å². The number of ether oxygens (including phenoxy) is 3. The molecule has 0 radical (unpaired) electrons. The van der Waals surface area contributed by atoms with E-state index in [1.165, 1.54) is 0 Å². The molecule has 0 saturated carbocycles. The fourth-order valence-electron chi connectivity index (χ4n) is 3.61. The van der Waals surface area contributed by atoms with E-state index in [9.17, 15) is 0 Å². The van der Waals surface area contributed by atoms with Gasteiger partial charge >= 0.3 is 0 Å². The molecular formula is C35H60O6Si3. The van der Waals surface area contributed by atoms with E-state index in [0.717, 1.165) is 16.9 Å². The summed E-state index contributed by atoms with van der Waals surface area (Å²) >= 11 is 0. The van der Waals surface area contributed by atoms with Gasteiger partial charge in [0.2, 0.25) is 5.75 Å². The molecule has 0 heterocycles. The molecular weight excluding hydrogens is 601 g/mol. The van der Waals surface area contributed by atoms with E-state index in [1.807, 2.05) is 24.3 Å². The second-order valence-corrected chi connectivity index (χ2v) is 30.4. The van der Waals surface area contributed by atoms with Crippen LogP contribution in [0.5, 0.6) is 34.5 Å². The molecule has 0 atom stereocenters. The Morgan fingerprint density at radius 1 is 0.477 bits per heavy atom. The van der Waals surface area contributed by atoms with Crippen molar-refractivity contribution in [3.63, 3.8) is 0 Å². The largest absolute Gasteiger partial charge is 0.541 e. The summed E-state index contributed by atoms with van der Waals surface area (Å²) in [6.45, 7) is 33.6. The monoisotopic (exact) mass is 660 g/mol. The van der Waals surface area contributed by atoms with Crippen LogP contribution in [0.1, 0.15) is 73.4 Å². The first-order valence-electron chi connectivity index (χ1n) is 15.5. The van der Waals surface area contributed by atoms with Crippen molar-refractivity contribution in [2.24, 2.45) is 0 Å². The lowest BCUT2D eigenvalue weighted by Gasteiger charge is -2.40. The third-order valence-electron chi connectivity index (χ3n) is 9.75. The van der Waals surface area contributed by atoms with Crippen molar-refractivity contribution in [2.45, 2.75) is 117 Å². The quantitative estimate of drug-likeness (QED) is 0.177. The van der Waals surface area contributed by atoms with Crippen molar-refractivity contribution in [1.29, 1.82) is 0 Å². The first-order chi connectivity index (χ1) is 19.8. The molecule has 0 saturated heterocycles. The highest BCUT2D eigenvalue weighted by Gasteiger charge is 2.43. The summed E-state index contributed by atoms with van der Waals surface area (Å²) in [6.07, 6.45) is 4.15. The van der Waals surface area contributed by atoms with E-state index in [2.05, 4.69) is 114 Å². The lowest BCUT2D eigenvalue weighted by molar-refractivity contribution is 0.340. The van der Waals surface area contributed by atoms with Gasteiger partial charge in [-0.05, 0) is 84.2 Å². The minimum atomic E-state index is -2.26. The van der Waals surface area contributed by atoms with Gasteiger partial charge in [-0.15, -0.1) is 0 Å². The summed E-state index contributed by atoms with van der Waals surface area (Å²) in [6, 6.07) is 8.02. The minimum absolute atomic E-state index is 0.00169. The van der Waals surface area contributed by atoms with E-state index < -0.39 is 25.0 Å². The van der Waals surface area contributed by atoms with Crippen molar-refractivity contribution in [3.05, 3.63) is 35.4 Å². The summed E-state index contributed by atoms with van der Waals surface area (Å²) in [4.78, 5) is 0. The van der Waals surface area contributed by atoms with E-state index >= 15 is 0 Å². The van der Waals surface area contributed by atoms with Gasteiger partial charge in [-0.3, -0.25) is 0 Å². The summed E-state index contributed by atoms with van der Waals surface area (Å²) in [5.41, 5.74) is 1.85. The Labute approximate surface area is 271 Å². The van der Waals surface area contributed by atoms with Gasteiger partial charge in [0.1, 0.15) is 0 Å². The highest BCUT2D eigenvalue weighted by atomic mass is 28.4. The highest BCUT2D eigenvalue weighted by Crippen LogP contribution is 2.50. The molecule has 0 amide bonds. The first-order valence-corrected chi connectivity index (χ1v) is 24.3. The van der Waals surface area contributed by atoms with E-state index in [1.54, 1.807) is 21.3 Å². The average molecular weight is 661 g/mol. The normalized spacial score (nSPS) is 13.6. The minimum Gasteiger partial charge on any atom is -0.541 e. The second kappa shape index (κ2) is 13.2. The van der Waals surface area contributed by atoms with Crippen molar-refractivity contribution in [1.82, 2.24) is 0 Å². The van der Waals surface area contributed by atoms with Crippen LogP contribution in [0.3, 0.4) is 0 Å². The van der Waals surface area contributed by atoms with Crippen LogP contribution >= 0.6 is 0 Å². The van der Waals surface area contributed by atoms with Gasteiger partial charge in [-0.2, -0.15) is 0 Å². The standard InChI is InChI=1S/C35H60O6Si3/c1-33(2,3)42(13,14)39-29-24-25(23-28(37-11)31(29)38-12)19-20-26-21-22-27(36-10)32(41-44(17,18)35(7,8)9)30(26)40-43(15,16)34(4,5)6/h19-24H,1-18H3. The number of hydrogen-bond acceptors (Lipinski definition) is 6. The maximum atomic E-state index is 7.07. The maximum absolute atomic E-state index is 7.07. The molecule has 9 heteroatoms. The molecule has 0 bridgehead atoms. The molecule has 6 nitrogen and oxygen atoms in total. The molecule has 2 aromatic rings. The van der Waals surface area contributed by atoms with Crippen LogP contribution in [0.4, 0.5) is 0 Å². The molecule has 0 aliphatic heterocycles. The molecule has 0 fully saturated rings. The van der Waals surface area contributed by atoms with Crippen LogP contribution in [0.2, 0.25) is 54.4 Å². The summed E-state index contributed by atoms with van der Waals surface area (Å²) in [5, 5.41) is 0.0135. The Morgan fingerprint density at radius 3 is 1.34 bits per heavy atom. The zero-order valence-corrected chi connectivity index (χ0v) is 33.9. The molecule has 0 aliphatic rings. The zero-order chi connectivity index (χ0) is 34.1. The van der Waals surface area contributed by atoms with Gasteiger partial charge in [0, 0.05) is 5.56 Å². The van der Waals surface area contributed by atoms with Crippen molar-refractivity contribution >= 4 is 37.1 Å². The van der Waals surface area contributed by atoms with Gasteiger partial charge in [-0.25, -0.2) is 0 Å². The Kier molecular flexibility index (Phi) is 11.3. The molecule has 2 aromatic carbocycles. The molecule has 2 rings (SSSR count). The van der Waals surface area contributed by atoms with E-state index in [0.29, 0.717) is 28.7 Å². The lowest BCUT2D eigenvalue weighted by atomic mass is 10.1. The lowest BCUT2D eigenvalue weighted by Crippen LogP contribution is -2.46. The molecule has 0 N–H and O–H groups in total. The van der Waals surface area contributed by atoms with Crippen LogP contribution in [-0.4, -0.2) is 46.3 Å². The maximum Gasteiger partial charge on any atom is 0.250 e. The Balaban J connectivity index is 2.82. The molecule has 0 aromatic heterocycles. The number of benzene rings is 2. The number of rotatable bonds is 11. The van der Waals surface area contributed by atoms with Crippen LogP contribution in [0.15, 0.2) is 24.3 Å². The average Bonchev–Trinajstić information content (AvgIpc) is 2.85. The van der Waals surface area contributed by atoms with Crippen LogP contribution in [-0.2, 0) is 0 Å². The van der Waals surface area contributed by atoms with Crippen molar-refractivity contribution in [2.75, 3.05) is 21.3 Å². The van der Waals surface area contributed by atoms with Crippen molar-refractivity contribution < 1.29 is 27.5 Å². The van der Waals surface area contributed by atoms with Gasteiger partial charge < -0.3 is 27.5 Å². The first kappa shape index (κ1) is 37.8. The van der Waals surface area contributed by atoms with Crippen LogP contribution in [0.25, 0.3) is 12.2 Å². The predicted octanol–water partition coefficient (Wildman–Crippen LogP) is 11.0. The van der Waals surface area contributed by atoms with E-state index in [-0.39, 0.29) is 15.1 Å². The fraction of sp³-hybridized carbons (Fsp3) is 0.600. The molecule has 248 valence electrons. The Bertz CT molecular complexity index is 1330. The number of methoxy groups -OCH3 is 3. The van der Waals surface area contributed by atoms with Gasteiger partial charge in [0.15, 0.2) is 28.7 Å². The third-order valence-corrected chi connectivity index (χ3v) is 22.7. The van der Waals surface area contributed by atoms with Crippen LogP contribution in [0, 0.1) is 0 Å². The second-order valence-electron chi connectivity index (χ2n) is 16.2. The Morgan fingerprint density at radius 2 is 0.909 bits per heavy atom. The van der Waals surface area contributed by atoms with E-state index in [4.69, 9.17) is 27.5 Å². The third kappa shape index (κ3) is 8.46. The highest BCUT2D eigenvalue weighted by molar-refractivity contribution is 6.76. The summed E-state index contributed by atoms with van der Waals surface area (Å²) in [7, 11) is -1.66. The predicted molar refractivity (Wildman–Crippen MR) is 195 cm³/mol. The fourth-order valence-corrected chi connectivity index (χ4v) is 6.65. The molecule has 44 heavy (non-hydrogen) atoms. The SMILES string of the molecule is COc1cc(C=Cc2ccc(OC)c(O[Si](C)(C)C(C)(C)C)c2O[Si](C)(C)C(C)(C)C)cc(O[Si](C)(C)C(C)(C)C)c1OC. The summed E-state index contributed by atoms with van der Waals surface area (Å²) < 4.78 is 38.2. The molecule has 0 unspecified atom stereocenters.